The van der Waals surface area contributed by atoms with E-state index in [2.05, 4.69) is 5.32 Å². The lowest BCUT2D eigenvalue weighted by molar-refractivity contribution is -0.130. The summed E-state index contributed by atoms with van der Waals surface area (Å²) in [6, 6.07) is 16.5. The van der Waals surface area contributed by atoms with Crippen molar-refractivity contribution in [2.75, 3.05) is 13.7 Å². The number of hydrogen-bond acceptors (Lipinski definition) is 6. The summed E-state index contributed by atoms with van der Waals surface area (Å²) in [6.45, 7) is 2.70. The quantitative estimate of drug-likeness (QED) is 0.237. The molecule has 3 aromatic carbocycles. The fourth-order valence-corrected chi connectivity index (χ4v) is 4.30. The fourth-order valence-electron chi connectivity index (χ4n) is 3.84. The summed E-state index contributed by atoms with van der Waals surface area (Å²) in [7, 11) is 1.51. The maximum Gasteiger partial charge on any atom is 0.331 e. The summed E-state index contributed by atoms with van der Waals surface area (Å²) in [5.41, 5.74) is 1.78. The van der Waals surface area contributed by atoms with Crippen molar-refractivity contribution in [2.45, 2.75) is 26.5 Å². The van der Waals surface area contributed by atoms with Crippen molar-refractivity contribution in [2.24, 2.45) is 0 Å². The number of rotatable bonds is 10. The van der Waals surface area contributed by atoms with Crippen molar-refractivity contribution in [3.05, 3.63) is 93.0 Å². The molecule has 0 unspecified atom stereocenters. The number of ether oxygens (including phenoxy) is 3. The summed E-state index contributed by atoms with van der Waals surface area (Å²) in [6.07, 6.45) is 2.21. The molecule has 3 aromatic rings. The van der Waals surface area contributed by atoms with Crippen LogP contribution in [0.1, 0.15) is 30.0 Å². The van der Waals surface area contributed by atoms with Crippen LogP contribution in [-0.4, -0.2) is 36.5 Å². The first-order valence-corrected chi connectivity index (χ1v) is 12.9. The molecular formula is C29H26Cl2N2O6. The van der Waals surface area contributed by atoms with Gasteiger partial charge in [-0.15, -0.1) is 0 Å². The fraction of sp³-hybridized carbons (Fsp3) is 0.207. The number of amides is 4. The van der Waals surface area contributed by atoms with Gasteiger partial charge in [-0.3, -0.25) is 19.8 Å². The highest BCUT2D eigenvalue weighted by Crippen LogP contribution is 2.30. The summed E-state index contributed by atoms with van der Waals surface area (Å²) in [5, 5.41) is 3.12. The van der Waals surface area contributed by atoms with E-state index in [9.17, 15) is 14.4 Å². The lowest BCUT2D eigenvalue weighted by atomic mass is 10.1. The van der Waals surface area contributed by atoms with Gasteiger partial charge >= 0.3 is 6.03 Å². The molecule has 0 spiro atoms. The molecule has 202 valence electrons. The van der Waals surface area contributed by atoms with Crippen LogP contribution in [0.5, 0.6) is 17.2 Å². The molecule has 0 aliphatic carbocycles. The summed E-state index contributed by atoms with van der Waals surface area (Å²) in [4.78, 5) is 39.2. The van der Waals surface area contributed by atoms with Crippen LogP contribution in [0.4, 0.5) is 4.79 Å². The van der Waals surface area contributed by atoms with E-state index in [1.807, 2.05) is 19.1 Å². The van der Waals surface area contributed by atoms with Crippen molar-refractivity contribution in [1.29, 1.82) is 0 Å². The van der Waals surface area contributed by atoms with E-state index < -0.39 is 17.8 Å². The predicted molar refractivity (Wildman–Crippen MR) is 148 cm³/mol. The van der Waals surface area contributed by atoms with Gasteiger partial charge in [-0.25, -0.2) is 4.79 Å². The third-order valence-corrected chi connectivity index (χ3v) is 6.30. The van der Waals surface area contributed by atoms with Crippen LogP contribution in [-0.2, 0) is 22.7 Å². The zero-order valence-electron chi connectivity index (χ0n) is 21.3. The minimum Gasteiger partial charge on any atom is -0.493 e. The molecule has 1 fully saturated rings. The minimum absolute atomic E-state index is 0.0727. The SMILES string of the molecule is CCCOc1ccc(CN2C(=O)NC(=O)/C(=C\c3ccc(OCc4cccc(Cl)c4)c(Cl)c3)C2=O)cc1OC. The van der Waals surface area contributed by atoms with Gasteiger partial charge in [0.25, 0.3) is 11.8 Å². The summed E-state index contributed by atoms with van der Waals surface area (Å²) in [5.74, 6) is -0.0589. The Kier molecular flexibility index (Phi) is 9.11. The van der Waals surface area contributed by atoms with E-state index in [0.29, 0.717) is 45.0 Å². The Balaban J connectivity index is 1.50. The molecule has 39 heavy (non-hydrogen) atoms. The Morgan fingerprint density at radius 2 is 1.69 bits per heavy atom. The van der Waals surface area contributed by atoms with Crippen LogP contribution in [0, 0.1) is 0 Å². The Bertz CT molecular complexity index is 1440. The van der Waals surface area contributed by atoms with Gasteiger partial charge in [0, 0.05) is 5.02 Å². The van der Waals surface area contributed by atoms with Crippen LogP contribution in [0.2, 0.25) is 10.0 Å². The van der Waals surface area contributed by atoms with Crippen molar-refractivity contribution in [3.63, 3.8) is 0 Å². The Morgan fingerprint density at radius 1 is 0.897 bits per heavy atom. The van der Waals surface area contributed by atoms with Crippen LogP contribution < -0.4 is 19.5 Å². The van der Waals surface area contributed by atoms with Gasteiger partial charge in [-0.05, 0) is 65.6 Å². The van der Waals surface area contributed by atoms with Crippen LogP contribution in [0.3, 0.4) is 0 Å². The number of benzene rings is 3. The van der Waals surface area contributed by atoms with Crippen LogP contribution >= 0.6 is 23.2 Å². The molecule has 4 amide bonds. The third-order valence-electron chi connectivity index (χ3n) is 5.77. The van der Waals surface area contributed by atoms with E-state index in [0.717, 1.165) is 16.9 Å². The molecule has 0 atom stereocenters. The number of methoxy groups -OCH3 is 1. The number of hydrogen-bond donors (Lipinski definition) is 1. The average molecular weight is 569 g/mol. The Morgan fingerprint density at radius 3 is 2.41 bits per heavy atom. The number of halogens is 2. The van der Waals surface area contributed by atoms with E-state index in [1.54, 1.807) is 48.5 Å². The molecule has 0 bridgehead atoms. The number of carbonyl (C=O) groups excluding carboxylic acids is 3. The van der Waals surface area contributed by atoms with Gasteiger partial charge in [0.1, 0.15) is 17.9 Å². The van der Waals surface area contributed by atoms with E-state index in [4.69, 9.17) is 37.4 Å². The molecule has 10 heteroatoms. The van der Waals surface area contributed by atoms with Gasteiger partial charge in [0.15, 0.2) is 11.5 Å². The first kappa shape index (κ1) is 28.0. The average Bonchev–Trinajstić information content (AvgIpc) is 2.92. The molecule has 0 radical (unpaired) electrons. The number of nitrogens with zero attached hydrogens (tertiary/aromatic N) is 1. The van der Waals surface area contributed by atoms with Crippen molar-refractivity contribution in [3.8, 4) is 17.2 Å². The van der Waals surface area contributed by atoms with Crippen LogP contribution in [0.25, 0.3) is 6.08 Å². The largest absolute Gasteiger partial charge is 0.493 e. The van der Waals surface area contributed by atoms with Gasteiger partial charge in [0.2, 0.25) is 0 Å². The van der Waals surface area contributed by atoms with E-state index >= 15 is 0 Å². The zero-order chi connectivity index (χ0) is 27.9. The smallest absolute Gasteiger partial charge is 0.331 e. The zero-order valence-corrected chi connectivity index (χ0v) is 22.8. The van der Waals surface area contributed by atoms with Crippen LogP contribution in [0.15, 0.2) is 66.2 Å². The second kappa shape index (κ2) is 12.7. The lowest BCUT2D eigenvalue weighted by Crippen LogP contribution is -2.53. The number of imide groups is 2. The first-order valence-electron chi connectivity index (χ1n) is 12.1. The topological polar surface area (TPSA) is 94.2 Å². The molecule has 1 saturated heterocycles. The van der Waals surface area contributed by atoms with Crippen molar-refractivity contribution < 1.29 is 28.6 Å². The lowest BCUT2D eigenvalue weighted by Gasteiger charge is -2.26. The van der Waals surface area contributed by atoms with Gasteiger partial charge in [-0.2, -0.15) is 0 Å². The number of barbiturate groups is 1. The summed E-state index contributed by atoms with van der Waals surface area (Å²) >= 11 is 12.4. The normalized spacial score (nSPS) is 14.4. The second-order valence-electron chi connectivity index (χ2n) is 8.65. The number of urea groups is 1. The molecule has 1 heterocycles. The Labute approximate surface area is 236 Å². The third kappa shape index (κ3) is 6.90. The van der Waals surface area contributed by atoms with Crippen molar-refractivity contribution >= 4 is 47.1 Å². The van der Waals surface area contributed by atoms with E-state index in [1.165, 1.54) is 13.2 Å². The molecule has 4 rings (SSSR count). The highest BCUT2D eigenvalue weighted by Gasteiger charge is 2.35. The molecule has 0 saturated carbocycles. The maximum absolute atomic E-state index is 13.2. The highest BCUT2D eigenvalue weighted by atomic mass is 35.5. The van der Waals surface area contributed by atoms with E-state index in [-0.39, 0.29) is 18.7 Å². The predicted octanol–water partition coefficient (Wildman–Crippen LogP) is 6.03. The number of nitrogens with one attached hydrogen (secondary N) is 1. The van der Waals surface area contributed by atoms with Gasteiger partial charge < -0.3 is 14.2 Å². The number of carbonyl (C=O) groups is 3. The molecule has 8 nitrogen and oxygen atoms in total. The Hall–Kier alpha value is -4.01. The molecule has 1 aliphatic heterocycles. The molecule has 1 N–H and O–H groups in total. The summed E-state index contributed by atoms with van der Waals surface area (Å²) < 4.78 is 16.8. The second-order valence-corrected chi connectivity index (χ2v) is 9.49. The monoisotopic (exact) mass is 568 g/mol. The molecular weight excluding hydrogens is 543 g/mol. The highest BCUT2D eigenvalue weighted by molar-refractivity contribution is 6.33. The van der Waals surface area contributed by atoms with Gasteiger partial charge in [0.05, 0.1) is 25.3 Å². The first-order chi connectivity index (χ1) is 18.8. The molecule has 1 aliphatic rings. The standard InChI is InChI=1S/C29H26Cl2N2O6/c1-3-11-38-25-10-8-19(15-26(25)37-2)16-33-28(35)22(27(34)32-29(33)36)13-18-7-9-24(23(31)14-18)39-17-20-5-4-6-21(30)12-20/h4-10,12-15H,3,11,16-17H2,1-2H3,(H,32,34,36)/b22-13+. The van der Waals surface area contributed by atoms with Crippen molar-refractivity contribution in [1.82, 2.24) is 10.2 Å². The molecule has 0 aromatic heterocycles. The maximum atomic E-state index is 13.2. The minimum atomic E-state index is -0.810. The van der Waals surface area contributed by atoms with Gasteiger partial charge in [-0.1, -0.05) is 54.4 Å².